The van der Waals surface area contributed by atoms with Gasteiger partial charge < -0.3 is 15.2 Å². The van der Waals surface area contributed by atoms with Gasteiger partial charge in [0.15, 0.2) is 0 Å². The summed E-state index contributed by atoms with van der Waals surface area (Å²) in [5, 5.41) is 0. The van der Waals surface area contributed by atoms with Crippen molar-refractivity contribution in [1.29, 1.82) is 0 Å². The number of methoxy groups -OCH3 is 1. The van der Waals surface area contributed by atoms with E-state index in [1.807, 2.05) is 12.1 Å². The number of rotatable bonds is 8. The van der Waals surface area contributed by atoms with Crippen molar-refractivity contribution in [3.8, 4) is 5.75 Å². The van der Waals surface area contributed by atoms with Crippen LogP contribution in [0.5, 0.6) is 5.75 Å². The molecule has 2 N–H and O–H groups in total. The summed E-state index contributed by atoms with van der Waals surface area (Å²) in [5.74, 6) is 1.63. The molecule has 1 fully saturated rings. The molecule has 0 radical (unpaired) electrons. The van der Waals surface area contributed by atoms with Crippen molar-refractivity contribution in [1.82, 2.24) is 4.90 Å². The molecule has 20 heavy (non-hydrogen) atoms. The quantitative estimate of drug-likeness (QED) is 0.783. The van der Waals surface area contributed by atoms with E-state index in [2.05, 4.69) is 17.0 Å². The molecule has 112 valence electrons. The summed E-state index contributed by atoms with van der Waals surface area (Å²) >= 11 is 0. The fraction of sp³-hybridized carbons (Fsp3) is 0.625. The monoisotopic (exact) mass is 278 g/mol. The smallest absolute Gasteiger partial charge is 0.119 e. The Morgan fingerprint density at radius 3 is 2.80 bits per heavy atom. The fourth-order valence-electron chi connectivity index (χ4n) is 2.70. The van der Waals surface area contributed by atoms with Gasteiger partial charge in [0.05, 0.1) is 6.61 Å². The van der Waals surface area contributed by atoms with E-state index < -0.39 is 0 Å². The molecule has 1 heterocycles. The van der Waals surface area contributed by atoms with Crippen LogP contribution in [0.25, 0.3) is 0 Å². The van der Waals surface area contributed by atoms with Gasteiger partial charge in [-0.15, -0.1) is 0 Å². The normalized spacial score (nSPS) is 19.4. The third-order valence-electron chi connectivity index (χ3n) is 3.80. The summed E-state index contributed by atoms with van der Waals surface area (Å²) in [7, 11) is 1.78. The lowest BCUT2D eigenvalue weighted by Gasteiger charge is -2.16. The van der Waals surface area contributed by atoms with Crippen LogP contribution in [0.1, 0.15) is 12.0 Å². The second-order valence-electron chi connectivity index (χ2n) is 5.44. The van der Waals surface area contributed by atoms with Gasteiger partial charge in [-0.2, -0.15) is 0 Å². The molecule has 2 rings (SSSR count). The van der Waals surface area contributed by atoms with Crippen LogP contribution in [-0.2, 0) is 11.2 Å². The lowest BCUT2D eigenvalue weighted by atomic mass is 10.1. The van der Waals surface area contributed by atoms with E-state index in [0.29, 0.717) is 12.5 Å². The molecule has 0 saturated carbocycles. The Labute approximate surface area is 121 Å². The number of ether oxygens (including phenoxy) is 2. The van der Waals surface area contributed by atoms with Crippen LogP contribution in [0.2, 0.25) is 0 Å². The maximum atomic E-state index is 5.79. The number of nitrogens with two attached hydrogens (primary N) is 1. The molecule has 1 aromatic rings. The van der Waals surface area contributed by atoms with Gasteiger partial charge in [-0.1, -0.05) is 12.1 Å². The van der Waals surface area contributed by atoms with Gasteiger partial charge >= 0.3 is 0 Å². The van der Waals surface area contributed by atoms with Crippen molar-refractivity contribution >= 4 is 0 Å². The Hall–Kier alpha value is -1.10. The molecule has 1 aliphatic rings. The Bertz CT molecular complexity index is 381. The van der Waals surface area contributed by atoms with Crippen LogP contribution >= 0.6 is 0 Å². The van der Waals surface area contributed by atoms with Gasteiger partial charge in [-0.05, 0) is 49.5 Å². The van der Waals surface area contributed by atoms with Gasteiger partial charge in [0.1, 0.15) is 12.4 Å². The van der Waals surface area contributed by atoms with Crippen molar-refractivity contribution < 1.29 is 9.47 Å². The van der Waals surface area contributed by atoms with Crippen molar-refractivity contribution in [2.45, 2.75) is 12.8 Å². The molecule has 0 aromatic heterocycles. The summed E-state index contributed by atoms with van der Waals surface area (Å²) in [5.41, 5.74) is 6.80. The second kappa shape index (κ2) is 8.25. The number of hydrogen-bond acceptors (Lipinski definition) is 4. The molecule has 1 atom stereocenters. The molecule has 1 aliphatic heterocycles. The molecule has 1 aromatic carbocycles. The molecule has 0 aliphatic carbocycles. The van der Waals surface area contributed by atoms with E-state index in [9.17, 15) is 0 Å². The zero-order chi connectivity index (χ0) is 14.2. The second-order valence-corrected chi connectivity index (χ2v) is 5.44. The first-order valence-electron chi connectivity index (χ1n) is 7.45. The Kier molecular flexibility index (Phi) is 6.30. The third-order valence-corrected chi connectivity index (χ3v) is 3.80. The largest absolute Gasteiger partial charge is 0.492 e. The van der Waals surface area contributed by atoms with Gasteiger partial charge in [0.25, 0.3) is 0 Å². The highest BCUT2D eigenvalue weighted by molar-refractivity contribution is 5.27. The van der Waals surface area contributed by atoms with Crippen LogP contribution in [0, 0.1) is 5.92 Å². The molecular weight excluding hydrogens is 252 g/mol. The Morgan fingerprint density at radius 1 is 1.30 bits per heavy atom. The van der Waals surface area contributed by atoms with Crippen molar-refractivity contribution in [2.75, 3.05) is 46.5 Å². The van der Waals surface area contributed by atoms with Crippen LogP contribution < -0.4 is 10.5 Å². The van der Waals surface area contributed by atoms with E-state index in [1.54, 1.807) is 7.11 Å². The molecule has 1 unspecified atom stereocenters. The summed E-state index contributed by atoms with van der Waals surface area (Å²) in [6.07, 6.45) is 2.16. The number of benzene rings is 1. The van der Waals surface area contributed by atoms with Gasteiger partial charge in [-0.3, -0.25) is 4.90 Å². The Morgan fingerprint density at radius 2 is 2.10 bits per heavy atom. The number of hydrogen-bond donors (Lipinski definition) is 1. The first-order valence-corrected chi connectivity index (χ1v) is 7.45. The van der Waals surface area contributed by atoms with Crippen molar-refractivity contribution in [3.63, 3.8) is 0 Å². The molecule has 0 bridgehead atoms. The van der Waals surface area contributed by atoms with E-state index in [-0.39, 0.29) is 0 Å². The standard InChI is InChI=1S/C16H26N2O2/c1-19-13-15-7-9-18(12-15)10-11-20-16-4-2-14(3-5-16)6-8-17/h2-5,15H,6-13,17H2,1H3. The van der Waals surface area contributed by atoms with Crippen molar-refractivity contribution in [2.24, 2.45) is 11.7 Å². The summed E-state index contributed by atoms with van der Waals surface area (Å²) in [6.45, 7) is 5.60. The minimum Gasteiger partial charge on any atom is -0.492 e. The highest BCUT2D eigenvalue weighted by Crippen LogP contribution is 2.16. The SMILES string of the molecule is COCC1CCN(CCOc2ccc(CCN)cc2)C1. The molecule has 0 amide bonds. The molecule has 0 spiro atoms. The minimum atomic E-state index is 0.690. The topological polar surface area (TPSA) is 47.7 Å². The molecule has 4 nitrogen and oxygen atoms in total. The fourth-order valence-corrected chi connectivity index (χ4v) is 2.70. The van der Waals surface area contributed by atoms with Gasteiger partial charge in [-0.25, -0.2) is 0 Å². The van der Waals surface area contributed by atoms with Gasteiger partial charge in [0, 0.05) is 20.2 Å². The average molecular weight is 278 g/mol. The maximum absolute atomic E-state index is 5.79. The average Bonchev–Trinajstić information content (AvgIpc) is 2.89. The lowest BCUT2D eigenvalue weighted by Crippen LogP contribution is -2.26. The highest BCUT2D eigenvalue weighted by atomic mass is 16.5. The molecule has 4 heteroatoms. The number of likely N-dealkylation sites (tertiary alicyclic amines) is 1. The Balaban J connectivity index is 1.66. The van der Waals surface area contributed by atoms with Crippen molar-refractivity contribution in [3.05, 3.63) is 29.8 Å². The van der Waals surface area contributed by atoms with Crippen LogP contribution in [0.3, 0.4) is 0 Å². The van der Waals surface area contributed by atoms with E-state index in [4.69, 9.17) is 15.2 Å². The zero-order valence-electron chi connectivity index (χ0n) is 12.4. The maximum Gasteiger partial charge on any atom is 0.119 e. The first-order chi connectivity index (χ1) is 9.81. The minimum absolute atomic E-state index is 0.690. The molecule has 1 saturated heterocycles. The number of nitrogens with zero attached hydrogens (tertiary/aromatic N) is 1. The van der Waals surface area contributed by atoms with E-state index in [0.717, 1.165) is 45.0 Å². The van der Waals surface area contributed by atoms with Crippen LogP contribution in [0.4, 0.5) is 0 Å². The van der Waals surface area contributed by atoms with E-state index in [1.165, 1.54) is 12.0 Å². The first kappa shape index (κ1) is 15.3. The van der Waals surface area contributed by atoms with Crippen LogP contribution in [0.15, 0.2) is 24.3 Å². The predicted molar refractivity (Wildman–Crippen MR) is 81.1 cm³/mol. The predicted octanol–water partition coefficient (Wildman–Crippen LogP) is 1.53. The van der Waals surface area contributed by atoms with E-state index >= 15 is 0 Å². The summed E-state index contributed by atoms with van der Waals surface area (Å²) in [6, 6.07) is 8.24. The third kappa shape index (κ3) is 4.78. The lowest BCUT2D eigenvalue weighted by molar-refractivity contribution is 0.150. The van der Waals surface area contributed by atoms with Gasteiger partial charge in [0.2, 0.25) is 0 Å². The van der Waals surface area contributed by atoms with Crippen LogP contribution in [-0.4, -0.2) is 51.4 Å². The highest BCUT2D eigenvalue weighted by Gasteiger charge is 2.21. The summed E-state index contributed by atoms with van der Waals surface area (Å²) in [4.78, 5) is 2.45. The summed E-state index contributed by atoms with van der Waals surface area (Å²) < 4.78 is 11.0. The zero-order valence-corrected chi connectivity index (χ0v) is 12.4. The molecular formula is C16H26N2O2.